The summed E-state index contributed by atoms with van der Waals surface area (Å²) in [5.74, 6) is 0. The largest absolute Gasteiger partial charge is 0.351 e. The number of primary amides is 1. The van der Waals surface area contributed by atoms with Crippen LogP contribution >= 0.6 is 11.6 Å². The number of nitrogens with two attached hydrogens (primary N) is 1. The first-order valence-electron chi connectivity index (χ1n) is 3.74. The fourth-order valence-corrected chi connectivity index (χ4v) is 1.76. The molecule has 0 unspecified atom stereocenters. The number of hydrazine groups is 1. The van der Waals surface area contributed by atoms with Crippen LogP contribution in [0.25, 0.3) is 0 Å². The van der Waals surface area contributed by atoms with Gasteiger partial charge in [-0.05, 0) is 24.3 Å². The number of nitrogens with one attached hydrogen (secondary N) is 2. The molecule has 82 valence electrons. The van der Waals surface area contributed by atoms with Gasteiger partial charge >= 0.3 is 6.03 Å². The first kappa shape index (κ1) is 11.8. The molecule has 1 rings (SSSR count). The Morgan fingerprint density at radius 2 is 1.80 bits per heavy atom. The molecule has 6 nitrogen and oxygen atoms in total. The van der Waals surface area contributed by atoms with E-state index < -0.39 is 16.1 Å². The van der Waals surface area contributed by atoms with Gasteiger partial charge in [-0.25, -0.2) is 13.2 Å². The van der Waals surface area contributed by atoms with E-state index in [1.165, 1.54) is 24.3 Å². The van der Waals surface area contributed by atoms with Crippen molar-refractivity contribution in [3.8, 4) is 0 Å². The number of carbonyl (C=O) groups is 1. The number of sulfonamides is 1. The first-order chi connectivity index (χ1) is 6.92. The van der Waals surface area contributed by atoms with Gasteiger partial charge in [0.25, 0.3) is 10.0 Å². The second-order valence-corrected chi connectivity index (χ2v) is 4.67. The highest BCUT2D eigenvalue weighted by molar-refractivity contribution is 7.89. The molecule has 0 atom stereocenters. The molecule has 4 N–H and O–H groups in total. The molecule has 0 saturated heterocycles. The van der Waals surface area contributed by atoms with E-state index in [0.717, 1.165) is 0 Å². The van der Waals surface area contributed by atoms with Gasteiger partial charge in [-0.2, -0.15) is 0 Å². The maximum atomic E-state index is 11.4. The lowest BCUT2D eigenvalue weighted by Crippen LogP contribution is -2.44. The van der Waals surface area contributed by atoms with Gasteiger partial charge in [0.1, 0.15) is 0 Å². The van der Waals surface area contributed by atoms with Crippen LogP contribution in [0.3, 0.4) is 0 Å². The first-order valence-corrected chi connectivity index (χ1v) is 5.61. The molecule has 8 heteroatoms. The number of urea groups is 1. The summed E-state index contributed by atoms with van der Waals surface area (Å²) < 4.78 is 22.8. The summed E-state index contributed by atoms with van der Waals surface area (Å²) in [6, 6.07) is 4.44. The normalized spacial score (nSPS) is 11.0. The summed E-state index contributed by atoms with van der Waals surface area (Å²) in [6.07, 6.45) is 0. The molecule has 0 radical (unpaired) electrons. The molecule has 15 heavy (non-hydrogen) atoms. The molecule has 0 aliphatic heterocycles. The monoisotopic (exact) mass is 249 g/mol. The Labute approximate surface area is 91.4 Å². The number of hydrogen-bond acceptors (Lipinski definition) is 3. The van der Waals surface area contributed by atoms with Crippen LogP contribution in [0.2, 0.25) is 5.02 Å². The van der Waals surface area contributed by atoms with E-state index in [4.69, 9.17) is 17.3 Å². The Hall–Kier alpha value is -1.31. The van der Waals surface area contributed by atoms with E-state index in [1.54, 1.807) is 10.3 Å². The van der Waals surface area contributed by atoms with E-state index in [9.17, 15) is 13.2 Å². The third kappa shape index (κ3) is 3.39. The summed E-state index contributed by atoms with van der Waals surface area (Å²) in [5.41, 5.74) is 6.47. The Balaban J connectivity index is 2.87. The highest BCUT2D eigenvalue weighted by Crippen LogP contribution is 2.13. The molecule has 0 heterocycles. The molecule has 0 spiro atoms. The van der Waals surface area contributed by atoms with Gasteiger partial charge in [0.2, 0.25) is 0 Å². The third-order valence-corrected chi connectivity index (χ3v) is 2.95. The number of halogens is 1. The average Bonchev–Trinajstić information content (AvgIpc) is 2.16. The van der Waals surface area contributed by atoms with Gasteiger partial charge in [-0.1, -0.05) is 11.6 Å². The van der Waals surface area contributed by atoms with Crippen LogP contribution < -0.4 is 16.0 Å². The molecule has 0 saturated carbocycles. The predicted octanol–water partition coefficient (Wildman–Crippen LogP) is 0.202. The minimum Gasteiger partial charge on any atom is -0.351 e. The summed E-state index contributed by atoms with van der Waals surface area (Å²) in [6.45, 7) is 0. The van der Waals surface area contributed by atoms with Crippen molar-refractivity contribution in [3.63, 3.8) is 0 Å². The third-order valence-electron chi connectivity index (χ3n) is 1.43. The van der Waals surface area contributed by atoms with Crippen molar-refractivity contribution >= 4 is 27.7 Å². The fourth-order valence-electron chi connectivity index (χ4n) is 0.790. The molecule has 0 bridgehead atoms. The van der Waals surface area contributed by atoms with Crippen molar-refractivity contribution in [2.24, 2.45) is 5.73 Å². The van der Waals surface area contributed by atoms with E-state index in [1.807, 2.05) is 0 Å². The smallest absolute Gasteiger partial charge is 0.327 e. The van der Waals surface area contributed by atoms with Gasteiger partial charge < -0.3 is 5.73 Å². The molecule has 1 aromatic carbocycles. The van der Waals surface area contributed by atoms with Gasteiger partial charge in [-0.15, -0.1) is 4.83 Å². The number of hydrogen-bond donors (Lipinski definition) is 3. The van der Waals surface area contributed by atoms with Crippen LogP contribution in [0.4, 0.5) is 4.79 Å². The van der Waals surface area contributed by atoms with Crippen LogP contribution in [0.1, 0.15) is 0 Å². The van der Waals surface area contributed by atoms with Crippen LogP contribution in [-0.2, 0) is 10.0 Å². The van der Waals surface area contributed by atoms with Crippen molar-refractivity contribution in [1.82, 2.24) is 10.3 Å². The standard InChI is InChI=1S/C7H8ClN3O3S/c8-5-1-3-6(4-2-5)15(13,14)11-10-7(9)12/h1-4,11H,(H3,9,10,12). The zero-order valence-corrected chi connectivity index (χ0v) is 8.97. The maximum Gasteiger partial charge on any atom is 0.327 e. The van der Waals surface area contributed by atoms with Crippen molar-refractivity contribution in [2.75, 3.05) is 0 Å². The van der Waals surface area contributed by atoms with Crippen molar-refractivity contribution in [2.45, 2.75) is 4.90 Å². The minimum atomic E-state index is -3.79. The molecule has 1 aromatic rings. The van der Waals surface area contributed by atoms with Crippen molar-refractivity contribution in [1.29, 1.82) is 0 Å². The second kappa shape index (κ2) is 4.47. The van der Waals surface area contributed by atoms with Crippen LogP contribution in [0.5, 0.6) is 0 Å². The number of benzene rings is 1. The molecular weight excluding hydrogens is 242 g/mol. The van der Waals surface area contributed by atoms with Crippen molar-refractivity contribution < 1.29 is 13.2 Å². The zero-order chi connectivity index (χ0) is 11.5. The molecule has 0 aliphatic carbocycles. The van der Waals surface area contributed by atoms with E-state index in [0.29, 0.717) is 5.02 Å². The lowest BCUT2D eigenvalue weighted by Gasteiger charge is -2.05. The quantitative estimate of drug-likeness (QED) is 0.667. The number of carbonyl (C=O) groups excluding carboxylic acids is 1. The lowest BCUT2D eigenvalue weighted by atomic mass is 10.4. The summed E-state index contributed by atoms with van der Waals surface area (Å²) >= 11 is 5.58. The molecule has 0 fully saturated rings. The van der Waals surface area contributed by atoms with E-state index in [-0.39, 0.29) is 4.90 Å². The molecular formula is C7H8ClN3O3S. The number of amides is 2. The molecule has 0 aromatic heterocycles. The topological polar surface area (TPSA) is 101 Å². The highest BCUT2D eigenvalue weighted by atomic mass is 35.5. The van der Waals surface area contributed by atoms with Crippen LogP contribution in [0, 0.1) is 0 Å². The Morgan fingerprint density at radius 1 is 1.27 bits per heavy atom. The SMILES string of the molecule is NC(=O)NNS(=O)(=O)c1ccc(Cl)cc1. The van der Waals surface area contributed by atoms with E-state index >= 15 is 0 Å². The Bertz CT molecular complexity index is 457. The average molecular weight is 250 g/mol. The second-order valence-electron chi connectivity index (χ2n) is 2.55. The van der Waals surface area contributed by atoms with Crippen LogP contribution in [-0.4, -0.2) is 14.4 Å². The summed E-state index contributed by atoms with van der Waals surface area (Å²) in [7, 11) is -3.79. The fraction of sp³-hybridized carbons (Fsp3) is 0. The molecule has 2 amide bonds. The van der Waals surface area contributed by atoms with E-state index in [2.05, 4.69) is 0 Å². The highest BCUT2D eigenvalue weighted by Gasteiger charge is 2.13. The van der Waals surface area contributed by atoms with Gasteiger partial charge in [0.05, 0.1) is 4.90 Å². The van der Waals surface area contributed by atoms with Crippen LogP contribution in [0.15, 0.2) is 29.2 Å². The minimum absolute atomic E-state index is 0.0272. The Kier molecular flexibility index (Phi) is 3.51. The van der Waals surface area contributed by atoms with Gasteiger partial charge in [0.15, 0.2) is 0 Å². The Morgan fingerprint density at radius 3 is 2.27 bits per heavy atom. The number of rotatable bonds is 3. The predicted molar refractivity (Wildman–Crippen MR) is 54.5 cm³/mol. The lowest BCUT2D eigenvalue weighted by molar-refractivity contribution is 0.247. The van der Waals surface area contributed by atoms with Crippen molar-refractivity contribution in [3.05, 3.63) is 29.3 Å². The van der Waals surface area contributed by atoms with Gasteiger partial charge in [0, 0.05) is 5.02 Å². The summed E-state index contributed by atoms with van der Waals surface area (Å²) in [4.78, 5) is 12.1. The maximum absolute atomic E-state index is 11.4. The zero-order valence-electron chi connectivity index (χ0n) is 7.40. The summed E-state index contributed by atoms with van der Waals surface area (Å²) in [5, 5.41) is 0.414. The molecule has 0 aliphatic rings. The van der Waals surface area contributed by atoms with Gasteiger partial charge in [-0.3, -0.25) is 5.43 Å².